The Morgan fingerprint density at radius 3 is 2.47 bits per heavy atom. The van der Waals surface area contributed by atoms with Crippen molar-refractivity contribution < 1.29 is 23.9 Å². The Labute approximate surface area is 295 Å². The molecule has 0 bridgehead atoms. The van der Waals surface area contributed by atoms with Gasteiger partial charge in [-0.1, -0.05) is 62.4 Å². The zero-order valence-electron chi connectivity index (χ0n) is 28.1. The van der Waals surface area contributed by atoms with Gasteiger partial charge in [0.05, 0.1) is 17.4 Å². The zero-order valence-corrected chi connectivity index (χ0v) is 29.8. The molecular weight excluding hydrogens is 655 g/mol. The monoisotopic (exact) mass is 695 g/mol. The van der Waals surface area contributed by atoms with Gasteiger partial charge in [0.2, 0.25) is 5.91 Å². The largest absolute Gasteiger partial charge is 0.462 e. The Bertz CT molecular complexity index is 1870. The van der Waals surface area contributed by atoms with E-state index in [0.717, 1.165) is 45.7 Å². The minimum atomic E-state index is -0.484. The van der Waals surface area contributed by atoms with Crippen molar-refractivity contribution in [2.45, 2.75) is 63.5 Å². The summed E-state index contributed by atoms with van der Waals surface area (Å²) in [6, 6.07) is 23.6. The van der Waals surface area contributed by atoms with Crippen molar-refractivity contribution >= 4 is 63.6 Å². The lowest BCUT2D eigenvalue weighted by Crippen LogP contribution is -2.30. The first-order valence-electron chi connectivity index (χ1n) is 16.5. The molecule has 1 aliphatic rings. The van der Waals surface area contributed by atoms with Crippen LogP contribution >= 0.6 is 23.1 Å². The highest BCUT2D eigenvalue weighted by Crippen LogP contribution is 2.40. The van der Waals surface area contributed by atoms with Gasteiger partial charge in [0.1, 0.15) is 10.7 Å². The molecule has 5 rings (SSSR count). The van der Waals surface area contributed by atoms with E-state index >= 15 is 0 Å². The molecule has 0 saturated heterocycles. The Hall–Kier alpha value is -4.67. The average Bonchev–Trinajstić information content (AvgIpc) is 3.45. The molecule has 0 aliphatic heterocycles. The van der Waals surface area contributed by atoms with Gasteiger partial charge in [0.25, 0.3) is 11.8 Å². The number of benzene rings is 3. The molecule has 1 aromatic heterocycles. The SMILES string of the molecule is CCOC(=O)c1c(NC(=O)C(CC)Sc2cccc(NC(=O)/C(=C/c3ccccc3C)NC(=O)c3ccccc3)c2)sc2c1CCC(C)C2. The highest BCUT2D eigenvalue weighted by molar-refractivity contribution is 8.00. The van der Waals surface area contributed by atoms with Crippen LogP contribution in [0.1, 0.15) is 75.9 Å². The number of ether oxygens (including phenoxy) is 1. The second kappa shape index (κ2) is 16.6. The third-order valence-electron chi connectivity index (χ3n) is 8.28. The summed E-state index contributed by atoms with van der Waals surface area (Å²) in [7, 11) is 0. The van der Waals surface area contributed by atoms with Crippen LogP contribution in [0.5, 0.6) is 0 Å². The fourth-order valence-corrected chi connectivity index (χ4v) is 8.04. The topological polar surface area (TPSA) is 114 Å². The van der Waals surface area contributed by atoms with Crippen molar-refractivity contribution in [3.8, 4) is 0 Å². The summed E-state index contributed by atoms with van der Waals surface area (Å²) < 4.78 is 5.38. The minimum absolute atomic E-state index is 0.0949. The van der Waals surface area contributed by atoms with Gasteiger partial charge in [-0.05, 0) is 98.5 Å². The zero-order chi connectivity index (χ0) is 34.9. The maximum Gasteiger partial charge on any atom is 0.341 e. The molecule has 254 valence electrons. The fraction of sp³-hybridized carbons (Fsp3) is 0.282. The van der Waals surface area contributed by atoms with Gasteiger partial charge in [-0.15, -0.1) is 23.1 Å². The number of carbonyl (C=O) groups is 4. The van der Waals surface area contributed by atoms with Gasteiger partial charge in [0.15, 0.2) is 0 Å². The number of hydrogen-bond donors (Lipinski definition) is 3. The third kappa shape index (κ3) is 9.07. The van der Waals surface area contributed by atoms with Gasteiger partial charge < -0.3 is 20.7 Å². The maximum absolute atomic E-state index is 13.6. The molecule has 1 aliphatic carbocycles. The van der Waals surface area contributed by atoms with E-state index < -0.39 is 23.0 Å². The van der Waals surface area contributed by atoms with Crippen LogP contribution in [0.4, 0.5) is 10.7 Å². The highest BCUT2D eigenvalue weighted by Gasteiger charge is 2.30. The number of anilines is 2. The molecular formula is C39H41N3O5S2. The molecule has 8 nitrogen and oxygen atoms in total. The summed E-state index contributed by atoms with van der Waals surface area (Å²) in [5.41, 5.74) is 4.28. The molecule has 49 heavy (non-hydrogen) atoms. The molecule has 1 heterocycles. The molecule has 10 heteroatoms. The Morgan fingerprint density at radius 2 is 1.73 bits per heavy atom. The van der Waals surface area contributed by atoms with E-state index in [2.05, 4.69) is 22.9 Å². The molecule has 0 radical (unpaired) electrons. The van der Waals surface area contributed by atoms with E-state index in [9.17, 15) is 19.2 Å². The number of thioether (sulfide) groups is 1. The van der Waals surface area contributed by atoms with Gasteiger partial charge in [-0.25, -0.2) is 4.79 Å². The van der Waals surface area contributed by atoms with E-state index in [1.54, 1.807) is 49.4 Å². The summed E-state index contributed by atoms with van der Waals surface area (Å²) in [5.74, 6) is -0.965. The first-order valence-corrected chi connectivity index (χ1v) is 18.2. The van der Waals surface area contributed by atoms with Gasteiger partial charge in [-0.2, -0.15) is 0 Å². The van der Waals surface area contributed by atoms with E-state index in [1.807, 2.05) is 56.3 Å². The molecule has 3 N–H and O–H groups in total. The third-order valence-corrected chi connectivity index (χ3v) is 10.8. The lowest BCUT2D eigenvalue weighted by Gasteiger charge is -2.18. The molecule has 2 atom stereocenters. The summed E-state index contributed by atoms with van der Waals surface area (Å²) >= 11 is 2.85. The summed E-state index contributed by atoms with van der Waals surface area (Å²) in [6.07, 6.45) is 4.87. The molecule has 0 fully saturated rings. The lowest BCUT2D eigenvalue weighted by atomic mass is 9.88. The number of amides is 3. The summed E-state index contributed by atoms with van der Waals surface area (Å²) in [5, 5.41) is 8.85. The van der Waals surface area contributed by atoms with Crippen LogP contribution < -0.4 is 16.0 Å². The minimum Gasteiger partial charge on any atom is -0.462 e. The Morgan fingerprint density at radius 1 is 0.980 bits per heavy atom. The van der Waals surface area contributed by atoms with Crippen LogP contribution in [0, 0.1) is 12.8 Å². The molecule has 3 aromatic carbocycles. The quantitative estimate of drug-likeness (QED) is 0.0781. The van der Waals surface area contributed by atoms with E-state index in [4.69, 9.17) is 4.74 Å². The van der Waals surface area contributed by atoms with Crippen molar-refractivity contribution in [3.63, 3.8) is 0 Å². The van der Waals surface area contributed by atoms with Crippen molar-refractivity contribution in [1.82, 2.24) is 5.32 Å². The highest BCUT2D eigenvalue weighted by atomic mass is 32.2. The van der Waals surface area contributed by atoms with Crippen LogP contribution in [0.2, 0.25) is 0 Å². The van der Waals surface area contributed by atoms with Crippen LogP contribution in [0.3, 0.4) is 0 Å². The molecule has 3 amide bonds. The van der Waals surface area contributed by atoms with Gasteiger partial charge in [-0.3, -0.25) is 14.4 Å². The number of thiophene rings is 1. The Kier molecular flexibility index (Phi) is 12.1. The first-order chi connectivity index (χ1) is 23.7. The number of esters is 1. The normalized spacial score (nSPS) is 14.7. The fourth-order valence-electron chi connectivity index (χ4n) is 5.63. The van der Waals surface area contributed by atoms with E-state index in [-0.39, 0.29) is 18.2 Å². The number of hydrogen-bond acceptors (Lipinski definition) is 7. The maximum atomic E-state index is 13.6. The van der Waals surface area contributed by atoms with Crippen LogP contribution in [-0.4, -0.2) is 35.5 Å². The number of nitrogens with one attached hydrogen (secondary N) is 3. The smallest absolute Gasteiger partial charge is 0.341 e. The average molecular weight is 696 g/mol. The van der Waals surface area contributed by atoms with Crippen molar-refractivity contribution in [1.29, 1.82) is 0 Å². The molecule has 0 saturated carbocycles. The number of fused-ring (bicyclic) bond motifs is 1. The van der Waals surface area contributed by atoms with Crippen LogP contribution in [0.15, 0.2) is 89.5 Å². The second-order valence-corrected chi connectivity index (χ2v) is 14.4. The molecule has 2 unspecified atom stereocenters. The predicted octanol–water partition coefficient (Wildman–Crippen LogP) is 8.28. The van der Waals surface area contributed by atoms with Crippen LogP contribution in [0.25, 0.3) is 6.08 Å². The lowest BCUT2D eigenvalue weighted by molar-refractivity contribution is -0.116. The molecule has 4 aromatic rings. The predicted molar refractivity (Wildman–Crippen MR) is 198 cm³/mol. The summed E-state index contributed by atoms with van der Waals surface area (Å²) in [4.78, 5) is 55.2. The van der Waals surface area contributed by atoms with Crippen molar-refractivity contribution in [2.24, 2.45) is 5.92 Å². The standard InChI is InChI=1S/C39H41N3O5S2/c1-5-32(37(45)42-38-34(39(46)47-6-2)30-20-19-24(3)21-33(30)49-38)48-29-18-12-17-28(23-29)40-36(44)31(22-27-16-11-10-13-25(27)4)41-35(43)26-14-8-7-9-15-26/h7-18,22-24,32H,5-6,19-21H2,1-4H3,(H,40,44)(H,41,43)(H,42,45)/b31-22-. The second-order valence-electron chi connectivity index (χ2n) is 12.0. The van der Waals surface area contributed by atoms with Crippen molar-refractivity contribution in [3.05, 3.63) is 117 Å². The van der Waals surface area contributed by atoms with Gasteiger partial charge >= 0.3 is 5.97 Å². The summed E-state index contributed by atoms with van der Waals surface area (Å²) in [6.45, 7) is 8.11. The molecule has 0 spiro atoms. The van der Waals surface area contributed by atoms with Gasteiger partial charge in [0, 0.05) is 21.0 Å². The Balaban J connectivity index is 1.32. The first kappa shape index (κ1) is 35.6. The number of carbonyl (C=O) groups excluding carboxylic acids is 4. The van der Waals surface area contributed by atoms with E-state index in [0.29, 0.717) is 34.2 Å². The number of aryl methyl sites for hydroxylation is 1. The number of rotatable bonds is 12. The van der Waals surface area contributed by atoms with E-state index in [1.165, 1.54) is 23.1 Å². The van der Waals surface area contributed by atoms with Crippen LogP contribution in [-0.2, 0) is 27.2 Å². The van der Waals surface area contributed by atoms with Crippen molar-refractivity contribution in [2.75, 3.05) is 17.2 Å².